The first-order valence-electron chi connectivity index (χ1n) is 8.47. The molecule has 0 atom stereocenters. The summed E-state index contributed by atoms with van der Waals surface area (Å²) in [6.07, 6.45) is 7.06. The number of thioether (sulfide) groups is 1. The summed E-state index contributed by atoms with van der Waals surface area (Å²) < 4.78 is 0.928. The molecule has 0 unspecified atom stereocenters. The minimum Gasteiger partial charge on any atom is -0.298 e. The lowest BCUT2D eigenvalue weighted by molar-refractivity contribution is -0.116. The van der Waals surface area contributed by atoms with Crippen LogP contribution in [0.2, 0.25) is 0 Å². The van der Waals surface area contributed by atoms with Crippen molar-refractivity contribution in [3.05, 3.63) is 45.9 Å². The molecule has 0 saturated heterocycles. The van der Waals surface area contributed by atoms with Gasteiger partial charge in [-0.15, -0.1) is 11.7 Å². The molecule has 2 heterocycles. The summed E-state index contributed by atoms with van der Waals surface area (Å²) in [4.78, 5) is 18.0. The van der Waals surface area contributed by atoms with Crippen LogP contribution in [0.15, 0.2) is 45.4 Å². The maximum atomic E-state index is 12.9. The first-order valence-corrected chi connectivity index (χ1v) is 10.2. The van der Waals surface area contributed by atoms with Crippen LogP contribution in [0.25, 0.3) is 5.70 Å². The molecular weight excluding hydrogens is 400 g/mol. The lowest BCUT2D eigenvalue weighted by Crippen LogP contribution is -2.59. The second-order valence-corrected chi connectivity index (χ2v) is 8.36. The zero-order valence-electron chi connectivity index (χ0n) is 13.8. The first kappa shape index (κ1) is 16.8. The molecule has 1 spiro atoms. The molecule has 0 radical (unpaired) electrons. The Hall–Kier alpha value is -1.60. The monoisotopic (exact) mass is 418 g/mol. The van der Waals surface area contributed by atoms with E-state index < -0.39 is 5.66 Å². The Morgan fingerprint density at radius 2 is 2.16 bits per heavy atom. The average Bonchev–Trinajstić information content (AvgIpc) is 2.61. The van der Waals surface area contributed by atoms with E-state index in [1.54, 1.807) is 0 Å². The fraction of sp³-hybridized carbons (Fsp3) is 0.389. The zero-order chi connectivity index (χ0) is 17.4. The number of amidine groups is 1. The van der Waals surface area contributed by atoms with Gasteiger partial charge in [0.15, 0.2) is 10.8 Å². The van der Waals surface area contributed by atoms with E-state index in [9.17, 15) is 4.79 Å². The fourth-order valence-corrected chi connectivity index (χ4v) is 4.61. The van der Waals surface area contributed by atoms with Crippen molar-refractivity contribution in [2.45, 2.75) is 37.8 Å². The topological polar surface area (TPSA) is 57.1 Å². The molecule has 1 fully saturated rings. The van der Waals surface area contributed by atoms with Gasteiger partial charge in [-0.05, 0) is 43.9 Å². The van der Waals surface area contributed by atoms with Crippen LogP contribution in [-0.4, -0.2) is 27.5 Å². The molecule has 1 N–H and O–H groups in total. The number of amides is 1. The van der Waals surface area contributed by atoms with Gasteiger partial charge < -0.3 is 0 Å². The SMILES string of the molecule is C=CCSC1=NN2C(=c3cc(Br)ccc3=NC23CCCCC3)C(=O)N1. The van der Waals surface area contributed by atoms with E-state index in [1.807, 2.05) is 29.3 Å². The summed E-state index contributed by atoms with van der Waals surface area (Å²) in [6, 6.07) is 5.91. The number of hydrogen-bond acceptors (Lipinski definition) is 5. The van der Waals surface area contributed by atoms with E-state index in [0.717, 1.165) is 40.7 Å². The molecule has 1 aromatic carbocycles. The van der Waals surface area contributed by atoms with Crippen LogP contribution >= 0.6 is 27.7 Å². The van der Waals surface area contributed by atoms with Crippen LogP contribution in [-0.2, 0) is 4.79 Å². The Morgan fingerprint density at radius 1 is 1.36 bits per heavy atom. The largest absolute Gasteiger partial charge is 0.298 e. The van der Waals surface area contributed by atoms with Gasteiger partial charge in [-0.2, -0.15) is 0 Å². The van der Waals surface area contributed by atoms with Crippen LogP contribution in [0.5, 0.6) is 0 Å². The summed E-state index contributed by atoms with van der Waals surface area (Å²) in [5.74, 6) is 0.593. The molecular formula is C18H19BrN4OS. The van der Waals surface area contributed by atoms with Gasteiger partial charge in [0, 0.05) is 15.4 Å². The Morgan fingerprint density at radius 3 is 2.92 bits per heavy atom. The Bertz CT molecular complexity index is 889. The average molecular weight is 419 g/mol. The third-order valence-corrected chi connectivity index (χ3v) is 6.12. The number of fused-ring (bicyclic) bond motifs is 3. The molecule has 1 saturated carbocycles. The van der Waals surface area contributed by atoms with Crippen LogP contribution in [0.3, 0.4) is 0 Å². The molecule has 4 rings (SSSR count). The number of carbonyl (C=O) groups excluding carboxylic acids is 1. The van der Waals surface area contributed by atoms with Crippen molar-refractivity contribution in [1.29, 1.82) is 0 Å². The highest BCUT2D eigenvalue weighted by molar-refractivity contribution is 9.10. The summed E-state index contributed by atoms with van der Waals surface area (Å²) in [5.41, 5.74) is 0.169. The quantitative estimate of drug-likeness (QED) is 0.750. The minimum atomic E-state index is -0.438. The molecule has 3 aliphatic rings. The lowest BCUT2D eigenvalue weighted by atomic mass is 9.87. The van der Waals surface area contributed by atoms with E-state index >= 15 is 0 Å². The molecule has 25 heavy (non-hydrogen) atoms. The third-order valence-electron chi connectivity index (χ3n) is 4.77. The van der Waals surface area contributed by atoms with Crippen molar-refractivity contribution >= 4 is 44.5 Å². The van der Waals surface area contributed by atoms with Crippen LogP contribution in [0.4, 0.5) is 0 Å². The maximum Gasteiger partial charge on any atom is 0.276 e. The summed E-state index contributed by atoms with van der Waals surface area (Å²) in [6.45, 7) is 3.74. The minimum absolute atomic E-state index is 0.110. The predicted molar refractivity (Wildman–Crippen MR) is 104 cm³/mol. The van der Waals surface area contributed by atoms with Crippen molar-refractivity contribution in [2.24, 2.45) is 10.1 Å². The molecule has 0 bridgehead atoms. The lowest BCUT2D eigenvalue weighted by Gasteiger charge is -2.45. The van der Waals surface area contributed by atoms with Gasteiger partial charge in [-0.25, -0.2) is 5.01 Å². The van der Waals surface area contributed by atoms with Gasteiger partial charge in [-0.1, -0.05) is 40.2 Å². The van der Waals surface area contributed by atoms with Gasteiger partial charge in [-0.3, -0.25) is 15.1 Å². The number of nitrogens with zero attached hydrogens (tertiary/aromatic N) is 3. The molecule has 2 aliphatic heterocycles. The molecule has 5 nitrogen and oxygen atoms in total. The molecule has 1 aromatic rings. The van der Waals surface area contributed by atoms with Crippen molar-refractivity contribution < 1.29 is 4.79 Å². The standard InChI is InChI=1S/C18H19BrN4OS/c1-2-10-25-17-20-16(24)15-13-11-12(19)6-7-14(13)21-18(23(15)22-17)8-4-3-5-9-18/h2,6-7,11H,1,3-5,8-10H2,(H,20,22,24). The number of benzene rings is 1. The van der Waals surface area contributed by atoms with Crippen molar-refractivity contribution in [2.75, 3.05) is 5.75 Å². The normalized spacial score (nSPS) is 21.0. The van der Waals surface area contributed by atoms with Gasteiger partial charge in [0.05, 0.1) is 5.36 Å². The highest BCUT2D eigenvalue weighted by Crippen LogP contribution is 2.39. The number of rotatable bonds is 2. The number of nitrogens with one attached hydrogen (secondary N) is 1. The third kappa shape index (κ3) is 2.93. The van der Waals surface area contributed by atoms with Gasteiger partial charge in [0.2, 0.25) is 0 Å². The van der Waals surface area contributed by atoms with Gasteiger partial charge >= 0.3 is 0 Å². The Balaban J connectivity index is 1.93. The smallest absolute Gasteiger partial charge is 0.276 e. The highest BCUT2D eigenvalue weighted by Gasteiger charge is 2.45. The van der Waals surface area contributed by atoms with E-state index in [1.165, 1.54) is 18.2 Å². The second kappa shape index (κ2) is 6.61. The summed E-state index contributed by atoms with van der Waals surface area (Å²) in [7, 11) is 0. The highest BCUT2D eigenvalue weighted by atomic mass is 79.9. The number of halogens is 1. The molecule has 7 heteroatoms. The van der Waals surface area contributed by atoms with Crippen molar-refractivity contribution in [3.63, 3.8) is 0 Å². The van der Waals surface area contributed by atoms with Gasteiger partial charge in [0.25, 0.3) is 5.91 Å². The Kier molecular flexibility index (Phi) is 4.45. The predicted octanol–water partition coefficient (Wildman–Crippen LogP) is 2.47. The van der Waals surface area contributed by atoms with E-state index in [2.05, 4.69) is 27.8 Å². The summed E-state index contributed by atoms with van der Waals surface area (Å²) in [5, 5.41) is 11.9. The van der Waals surface area contributed by atoms with Crippen molar-refractivity contribution in [3.8, 4) is 0 Å². The zero-order valence-corrected chi connectivity index (χ0v) is 16.2. The van der Waals surface area contributed by atoms with E-state index in [4.69, 9.17) is 10.1 Å². The summed E-state index contributed by atoms with van der Waals surface area (Å²) >= 11 is 4.99. The van der Waals surface area contributed by atoms with E-state index in [-0.39, 0.29) is 5.91 Å². The fourth-order valence-electron chi connectivity index (χ4n) is 3.67. The van der Waals surface area contributed by atoms with Crippen LogP contribution < -0.4 is 15.9 Å². The number of carbonyl (C=O) groups is 1. The van der Waals surface area contributed by atoms with Gasteiger partial charge in [0.1, 0.15) is 5.70 Å². The molecule has 1 aliphatic carbocycles. The Labute approximate surface area is 159 Å². The maximum absolute atomic E-state index is 12.9. The molecule has 130 valence electrons. The van der Waals surface area contributed by atoms with Crippen LogP contribution in [0.1, 0.15) is 32.1 Å². The van der Waals surface area contributed by atoms with E-state index in [0.29, 0.717) is 16.6 Å². The van der Waals surface area contributed by atoms with Crippen molar-refractivity contribution in [1.82, 2.24) is 10.3 Å². The number of hydrazone groups is 1. The molecule has 0 aromatic heterocycles. The number of hydrogen-bond donors (Lipinski definition) is 1. The second-order valence-electron chi connectivity index (χ2n) is 6.44. The molecule has 1 amide bonds. The van der Waals surface area contributed by atoms with Crippen LogP contribution in [0, 0.1) is 0 Å². The first-order chi connectivity index (χ1) is 12.1.